The molecule has 0 atom stereocenters. The highest BCUT2D eigenvalue weighted by molar-refractivity contribution is 9.09. The van der Waals surface area contributed by atoms with E-state index in [4.69, 9.17) is 19.3 Å². The van der Waals surface area contributed by atoms with E-state index in [0.717, 1.165) is 35.9 Å². The number of hydrogen-bond acceptors (Lipinski definition) is 0. The van der Waals surface area contributed by atoms with Crippen molar-refractivity contribution in [1.82, 2.24) is 0 Å². The van der Waals surface area contributed by atoms with Gasteiger partial charge in [-0.15, -0.1) is 37.0 Å². The summed E-state index contributed by atoms with van der Waals surface area (Å²) in [7, 11) is -1.55. The molecule has 0 saturated carbocycles. The zero-order chi connectivity index (χ0) is 10.9. The molecule has 0 spiro atoms. The zero-order valence-electron chi connectivity index (χ0n) is 8.35. The quantitative estimate of drug-likeness (QED) is 0.394. The Bertz CT molecular complexity index is 233. The minimum atomic E-state index is -1.55. The van der Waals surface area contributed by atoms with Crippen LogP contribution < -0.4 is 0 Å². The summed E-state index contributed by atoms with van der Waals surface area (Å²) in [4.78, 5) is 0. The highest BCUT2D eigenvalue weighted by Crippen LogP contribution is 2.26. The molecule has 0 radical (unpaired) electrons. The van der Waals surface area contributed by atoms with E-state index >= 15 is 0 Å². The van der Waals surface area contributed by atoms with Gasteiger partial charge in [-0.2, -0.15) is 0 Å². The Hall–Kier alpha value is -0.623. The van der Waals surface area contributed by atoms with E-state index < -0.39 is 8.07 Å². The lowest BCUT2D eigenvalue weighted by Gasteiger charge is -2.25. The highest BCUT2D eigenvalue weighted by Gasteiger charge is 2.29. The Labute approximate surface area is 97.0 Å². The average molecular weight is 267 g/mol. The lowest BCUT2D eigenvalue weighted by molar-refractivity contribution is 1.05. The Morgan fingerprint density at radius 2 is 1.36 bits per heavy atom. The van der Waals surface area contributed by atoms with Crippen LogP contribution in [0.3, 0.4) is 0 Å². The average Bonchev–Trinajstić information content (AvgIpc) is 2.16. The second-order valence-electron chi connectivity index (χ2n) is 3.44. The molecule has 0 unspecified atom stereocenters. The third-order valence-electron chi connectivity index (χ3n) is 2.27. The van der Waals surface area contributed by atoms with Crippen LogP contribution in [0.25, 0.3) is 0 Å². The van der Waals surface area contributed by atoms with Gasteiger partial charge in [-0.05, 0) is 6.42 Å². The summed E-state index contributed by atoms with van der Waals surface area (Å²) in [6.07, 6.45) is 17.3. The maximum Gasteiger partial charge on any atom is 0.0910 e. The molecule has 0 aliphatic carbocycles. The van der Waals surface area contributed by atoms with Crippen LogP contribution >= 0.6 is 15.9 Å². The van der Waals surface area contributed by atoms with Gasteiger partial charge in [0.2, 0.25) is 0 Å². The summed E-state index contributed by atoms with van der Waals surface area (Å²) in [6.45, 7) is 0. The van der Waals surface area contributed by atoms with Gasteiger partial charge in [-0.1, -0.05) is 22.0 Å². The van der Waals surface area contributed by atoms with Gasteiger partial charge in [0.15, 0.2) is 0 Å². The summed E-state index contributed by atoms with van der Waals surface area (Å²) in [5.41, 5.74) is 0. The highest BCUT2D eigenvalue weighted by atomic mass is 79.9. The Kier molecular flexibility index (Phi) is 7.41. The van der Waals surface area contributed by atoms with Crippen molar-refractivity contribution in [1.29, 1.82) is 0 Å². The third kappa shape index (κ3) is 4.57. The third-order valence-corrected chi connectivity index (χ3v) is 7.11. The molecule has 74 valence electrons. The van der Waals surface area contributed by atoms with Gasteiger partial charge in [0.1, 0.15) is 0 Å². The van der Waals surface area contributed by atoms with Crippen molar-refractivity contribution in [2.75, 3.05) is 5.33 Å². The molecule has 0 saturated heterocycles. The van der Waals surface area contributed by atoms with E-state index in [2.05, 4.69) is 33.7 Å². The summed E-state index contributed by atoms with van der Waals surface area (Å²) in [6, 6.07) is 3.58. The number of alkyl halides is 1. The fourth-order valence-electron chi connectivity index (χ4n) is 1.54. The van der Waals surface area contributed by atoms with Crippen molar-refractivity contribution in [3.63, 3.8) is 0 Å². The lowest BCUT2D eigenvalue weighted by Crippen LogP contribution is -2.32. The molecular formula is C12H15BrSi. The van der Waals surface area contributed by atoms with Crippen molar-refractivity contribution in [3.8, 4) is 37.0 Å². The van der Waals surface area contributed by atoms with Crippen LogP contribution in [0.4, 0.5) is 0 Å². The van der Waals surface area contributed by atoms with Gasteiger partial charge in [0, 0.05) is 23.5 Å². The van der Waals surface area contributed by atoms with Crippen LogP contribution in [0.1, 0.15) is 6.42 Å². The largest absolute Gasteiger partial charge is 0.120 e. The number of hydrogen-bond donors (Lipinski definition) is 0. The first-order chi connectivity index (χ1) is 6.74. The number of halogens is 1. The topological polar surface area (TPSA) is 0 Å². The van der Waals surface area contributed by atoms with Gasteiger partial charge in [-0.3, -0.25) is 0 Å². The predicted octanol–water partition coefficient (Wildman–Crippen LogP) is 3.12. The van der Waals surface area contributed by atoms with E-state index in [-0.39, 0.29) is 0 Å². The van der Waals surface area contributed by atoms with Crippen LogP contribution in [0, 0.1) is 37.0 Å². The standard InChI is InChI=1S/C12H15BrSi/c1-4-9-14(10-5-2,11-6-3)12-7-8-13/h1-3H,7-12H2. The Morgan fingerprint density at radius 3 is 1.64 bits per heavy atom. The molecule has 2 heteroatoms. The maximum atomic E-state index is 5.38. The lowest BCUT2D eigenvalue weighted by atomic mass is 10.6. The van der Waals surface area contributed by atoms with Crippen LogP contribution in [0.15, 0.2) is 0 Å². The van der Waals surface area contributed by atoms with E-state index in [1.165, 1.54) is 0 Å². The van der Waals surface area contributed by atoms with E-state index in [1.807, 2.05) is 0 Å². The Balaban J connectivity index is 4.51. The molecule has 0 rings (SSSR count). The smallest absolute Gasteiger partial charge is 0.0910 e. The first kappa shape index (κ1) is 13.4. The summed E-state index contributed by atoms with van der Waals surface area (Å²) in [5, 5.41) is 1.00. The fourth-order valence-corrected chi connectivity index (χ4v) is 5.47. The molecule has 0 fully saturated rings. The van der Waals surface area contributed by atoms with Crippen LogP contribution in [0.5, 0.6) is 0 Å². The molecular weight excluding hydrogens is 252 g/mol. The molecule has 0 nitrogen and oxygen atoms in total. The van der Waals surface area contributed by atoms with Crippen molar-refractivity contribution < 1.29 is 0 Å². The van der Waals surface area contributed by atoms with Crippen molar-refractivity contribution in [2.45, 2.75) is 30.6 Å². The monoisotopic (exact) mass is 266 g/mol. The minimum absolute atomic E-state index is 0.814. The second kappa shape index (κ2) is 7.75. The summed E-state index contributed by atoms with van der Waals surface area (Å²) < 4.78 is 0. The molecule has 0 heterocycles. The van der Waals surface area contributed by atoms with E-state index in [9.17, 15) is 0 Å². The molecule has 0 amide bonds. The Morgan fingerprint density at radius 1 is 0.929 bits per heavy atom. The van der Waals surface area contributed by atoms with Crippen LogP contribution in [-0.2, 0) is 0 Å². The van der Waals surface area contributed by atoms with Gasteiger partial charge in [-0.25, -0.2) is 0 Å². The van der Waals surface area contributed by atoms with Crippen LogP contribution in [0.2, 0.25) is 24.2 Å². The predicted molar refractivity (Wildman–Crippen MR) is 69.9 cm³/mol. The van der Waals surface area contributed by atoms with Gasteiger partial charge in [0.25, 0.3) is 0 Å². The van der Waals surface area contributed by atoms with Gasteiger partial charge in [0.05, 0.1) is 8.07 Å². The molecule has 0 aliphatic heterocycles. The van der Waals surface area contributed by atoms with E-state index in [0.29, 0.717) is 0 Å². The molecule has 0 aliphatic rings. The van der Waals surface area contributed by atoms with Crippen LogP contribution in [-0.4, -0.2) is 13.4 Å². The van der Waals surface area contributed by atoms with Crippen molar-refractivity contribution in [2.24, 2.45) is 0 Å². The molecule has 0 aromatic heterocycles. The van der Waals surface area contributed by atoms with Crippen molar-refractivity contribution >= 4 is 24.0 Å². The summed E-state index contributed by atoms with van der Waals surface area (Å²) >= 11 is 3.42. The molecule has 0 N–H and O–H groups in total. The van der Waals surface area contributed by atoms with Gasteiger partial charge >= 0.3 is 0 Å². The SMILES string of the molecule is C#CC[Si](CC#C)(CC#C)CCCBr. The summed E-state index contributed by atoms with van der Waals surface area (Å²) in [5.74, 6) is 8.23. The number of rotatable bonds is 6. The van der Waals surface area contributed by atoms with Crippen molar-refractivity contribution in [3.05, 3.63) is 0 Å². The molecule has 0 bridgehead atoms. The minimum Gasteiger partial charge on any atom is -0.120 e. The maximum absolute atomic E-state index is 5.38. The first-order valence-corrected chi connectivity index (χ1v) is 8.56. The fraction of sp³-hybridized carbons (Fsp3) is 0.500. The zero-order valence-corrected chi connectivity index (χ0v) is 10.9. The number of terminal acetylenes is 3. The normalized spacial score (nSPS) is 9.86. The first-order valence-electron chi connectivity index (χ1n) is 4.61. The molecule has 0 aromatic rings. The van der Waals surface area contributed by atoms with E-state index in [1.54, 1.807) is 0 Å². The second-order valence-corrected chi connectivity index (χ2v) is 8.79. The molecule has 0 aromatic carbocycles. The van der Waals surface area contributed by atoms with Gasteiger partial charge < -0.3 is 0 Å². The molecule has 14 heavy (non-hydrogen) atoms.